The van der Waals surface area contributed by atoms with Crippen LogP contribution < -0.4 is 15.2 Å². The fraction of sp³-hybridized carbons (Fsp3) is 0.625. The van der Waals surface area contributed by atoms with Crippen molar-refractivity contribution in [2.24, 2.45) is 11.7 Å². The first kappa shape index (κ1) is 12.8. The molecule has 1 fully saturated rings. The molecule has 0 amide bonds. The van der Waals surface area contributed by atoms with Gasteiger partial charge >= 0.3 is 0 Å². The Morgan fingerprint density at radius 1 is 1.05 bits per heavy atom. The average Bonchev–Trinajstić information content (AvgIpc) is 2.46. The molecule has 3 rings (SSSR count). The lowest BCUT2D eigenvalue weighted by atomic mass is 9.81. The Morgan fingerprint density at radius 2 is 1.84 bits per heavy atom. The largest absolute Gasteiger partial charge is 0.486 e. The lowest BCUT2D eigenvalue weighted by Gasteiger charge is -2.28. The molecule has 3 heteroatoms. The van der Waals surface area contributed by atoms with E-state index in [0.29, 0.717) is 25.2 Å². The maximum Gasteiger partial charge on any atom is 0.161 e. The Kier molecular flexibility index (Phi) is 3.92. The second kappa shape index (κ2) is 5.83. The quantitative estimate of drug-likeness (QED) is 0.910. The van der Waals surface area contributed by atoms with E-state index in [2.05, 4.69) is 12.1 Å². The van der Waals surface area contributed by atoms with Gasteiger partial charge in [0.2, 0.25) is 0 Å². The van der Waals surface area contributed by atoms with E-state index >= 15 is 0 Å². The fourth-order valence-electron chi connectivity index (χ4n) is 3.19. The van der Waals surface area contributed by atoms with Crippen LogP contribution in [0.15, 0.2) is 18.2 Å². The molecule has 0 saturated heterocycles. The summed E-state index contributed by atoms with van der Waals surface area (Å²) in [7, 11) is 0. The van der Waals surface area contributed by atoms with Crippen molar-refractivity contribution < 1.29 is 9.47 Å². The molecule has 0 radical (unpaired) electrons. The molecular formula is C16H23NO2. The van der Waals surface area contributed by atoms with Gasteiger partial charge in [0, 0.05) is 6.04 Å². The number of fused-ring (bicyclic) bond motifs is 1. The predicted octanol–water partition coefficient (Wildman–Crippen LogP) is 2.91. The van der Waals surface area contributed by atoms with Gasteiger partial charge in [0.05, 0.1) is 0 Å². The lowest BCUT2D eigenvalue weighted by Crippen LogP contribution is -2.33. The number of ether oxygens (including phenoxy) is 2. The zero-order chi connectivity index (χ0) is 13.1. The number of nitrogens with two attached hydrogens (primary N) is 1. The summed E-state index contributed by atoms with van der Waals surface area (Å²) in [4.78, 5) is 0. The highest BCUT2D eigenvalue weighted by Crippen LogP contribution is 2.32. The summed E-state index contributed by atoms with van der Waals surface area (Å²) in [5, 5.41) is 0. The molecule has 0 aromatic heterocycles. The molecule has 1 aromatic rings. The van der Waals surface area contributed by atoms with Crippen LogP contribution in [0.1, 0.15) is 37.7 Å². The van der Waals surface area contributed by atoms with Crippen molar-refractivity contribution in [3.63, 3.8) is 0 Å². The molecular weight excluding hydrogens is 238 g/mol. The third-order valence-electron chi connectivity index (χ3n) is 4.38. The van der Waals surface area contributed by atoms with Crippen LogP contribution in [0.25, 0.3) is 0 Å². The molecule has 0 spiro atoms. The second-order valence-corrected chi connectivity index (χ2v) is 5.73. The first-order valence-corrected chi connectivity index (χ1v) is 7.47. The summed E-state index contributed by atoms with van der Waals surface area (Å²) >= 11 is 0. The standard InChI is InChI=1S/C16H23NO2/c17-14-4-2-1-3-13(14)7-5-12-6-8-15-16(11-12)19-10-9-18-15/h6,8,11,13-14H,1-5,7,9-10,17H2. The summed E-state index contributed by atoms with van der Waals surface area (Å²) in [6.45, 7) is 1.31. The zero-order valence-electron chi connectivity index (χ0n) is 11.4. The van der Waals surface area contributed by atoms with Crippen molar-refractivity contribution in [1.29, 1.82) is 0 Å². The minimum Gasteiger partial charge on any atom is -0.486 e. The maximum atomic E-state index is 6.21. The van der Waals surface area contributed by atoms with Crippen molar-refractivity contribution in [2.45, 2.75) is 44.6 Å². The molecule has 104 valence electrons. The summed E-state index contributed by atoms with van der Waals surface area (Å²) < 4.78 is 11.2. The first-order valence-electron chi connectivity index (χ1n) is 7.47. The van der Waals surface area contributed by atoms with Gasteiger partial charge in [-0.25, -0.2) is 0 Å². The van der Waals surface area contributed by atoms with Crippen LogP contribution in [0.2, 0.25) is 0 Å². The summed E-state index contributed by atoms with van der Waals surface area (Å²) in [5.74, 6) is 2.48. The van der Waals surface area contributed by atoms with Crippen LogP contribution in [0.5, 0.6) is 11.5 Å². The first-order chi connectivity index (χ1) is 9.33. The van der Waals surface area contributed by atoms with E-state index in [1.807, 2.05) is 6.07 Å². The zero-order valence-corrected chi connectivity index (χ0v) is 11.4. The highest BCUT2D eigenvalue weighted by molar-refractivity contribution is 5.43. The van der Waals surface area contributed by atoms with Gasteiger partial charge in [-0.15, -0.1) is 0 Å². The van der Waals surface area contributed by atoms with Crippen LogP contribution in [-0.4, -0.2) is 19.3 Å². The van der Waals surface area contributed by atoms with Crippen molar-refractivity contribution in [1.82, 2.24) is 0 Å². The Morgan fingerprint density at radius 3 is 2.68 bits per heavy atom. The van der Waals surface area contributed by atoms with Crippen molar-refractivity contribution in [3.8, 4) is 11.5 Å². The molecule has 2 atom stereocenters. The van der Waals surface area contributed by atoms with Crippen LogP contribution in [0.3, 0.4) is 0 Å². The van der Waals surface area contributed by atoms with E-state index in [-0.39, 0.29) is 0 Å². The number of hydrogen-bond acceptors (Lipinski definition) is 3. The van der Waals surface area contributed by atoms with Crippen molar-refractivity contribution >= 4 is 0 Å². The van der Waals surface area contributed by atoms with Crippen LogP contribution >= 0.6 is 0 Å². The molecule has 1 aliphatic heterocycles. The summed E-state index contributed by atoms with van der Waals surface area (Å²) in [6.07, 6.45) is 7.44. The molecule has 2 unspecified atom stereocenters. The highest BCUT2D eigenvalue weighted by atomic mass is 16.6. The molecule has 2 N–H and O–H groups in total. The van der Waals surface area contributed by atoms with Crippen molar-refractivity contribution in [3.05, 3.63) is 23.8 Å². The van der Waals surface area contributed by atoms with Crippen LogP contribution in [-0.2, 0) is 6.42 Å². The lowest BCUT2D eigenvalue weighted by molar-refractivity contribution is 0.171. The molecule has 1 aromatic carbocycles. The maximum absolute atomic E-state index is 6.21. The van der Waals surface area contributed by atoms with Gasteiger partial charge in [-0.05, 0) is 49.3 Å². The third-order valence-corrected chi connectivity index (χ3v) is 4.38. The van der Waals surface area contributed by atoms with E-state index in [1.54, 1.807) is 0 Å². The Bertz CT molecular complexity index is 433. The summed E-state index contributed by atoms with van der Waals surface area (Å²) in [6, 6.07) is 6.72. The number of hydrogen-bond donors (Lipinski definition) is 1. The van der Waals surface area contributed by atoms with E-state index < -0.39 is 0 Å². The van der Waals surface area contributed by atoms with Gasteiger partial charge in [0.1, 0.15) is 13.2 Å². The number of rotatable bonds is 3. The molecule has 1 aliphatic carbocycles. The molecule has 2 aliphatic rings. The fourth-order valence-corrected chi connectivity index (χ4v) is 3.19. The normalized spacial score (nSPS) is 26.2. The average molecular weight is 261 g/mol. The van der Waals surface area contributed by atoms with E-state index in [9.17, 15) is 0 Å². The topological polar surface area (TPSA) is 44.5 Å². The number of aryl methyl sites for hydroxylation is 1. The van der Waals surface area contributed by atoms with Gasteiger partial charge < -0.3 is 15.2 Å². The molecule has 1 saturated carbocycles. The van der Waals surface area contributed by atoms with Gasteiger partial charge in [0.15, 0.2) is 11.5 Å². The van der Waals surface area contributed by atoms with Crippen LogP contribution in [0, 0.1) is 5.92 Å². The van der Waals surface area contributed by atoms with Gasteiger partial charge in [-0.3, -0.25) is 0 Å². The SMILES string of the molecule is NC1CCCCC1CCc1ccc2c(c1)OCCO2. The Hall–Kier alpha value is -1.22. The highest BCUT2D eigenvalue weighted by Gasteiger charge is 2.21. The monoisotopic (exact) mass is 261 g/mol. The predicted molar refractivity (Wildman–Crippen MR) is 75.7 cm³/mol. The Labute approximate surface area is 115 Å². The van der Waals surface area contributed by atoms with Crippen molar-refractivity contribution in [2.75, 3.05) is 13.2 Å². The third kappa shape index (κ3) is 3.03. The minimum absolute atomic E-state index is 0.408. The van der Waals surface area contributed by atoms with E-state index in [4.69, 9.17) is 15.2 Å². The van der Waals surface area contributed by atoms with E-state index in [0.717, 1.165) is 17.9 Å². The Balaban J connectivity index is 1.60. The van der Waals surface area contributed by atoms with Gasteiger partial charge in [-0.1, -0.05) is 18.9 Å². The molecule has 3 nitrogen and oxygen atoms in total. The number of benzene rings is 1. The molecule has 1 heterocycles. The smallest absolute Gasteiger partial charge is 0.161 e. The minimum atomic E-state index is 0.408. The second-order valence-electron chi connectivity index (χ2n) is 5.73. The summed E-state index contributed by atoms with van der Waals surface area (Å²) in [5.41, 5.74) is 7.54. The van der Waals surface area contributed by atoms with E-state index in [1.165, 1.54) is 37.7 Å². The van der Waals surface area contributed by atoms with Gasteiger partial charge in [0.25, 0.3) is 0 Å². The molecule has 19 heavy (non-hydrogen) atoms. The molecule has 0 bridgehead atoms. The van der Waals surface area contributed by atoms with Crippen LogP contribution in [0.4, 0.5) is 0 Å². The van der Waals surface area contributed by atoms with Gasteiger partial charge in [-0.2, -0.15) is 0 Å².